The first-order valence-electron chi connectivity index (χ1n) is 12.6. The molecule has 0 aliphatic carbocycles. The normalized spacial score (nSPS) is 19.2. The predicted molar refractivity (Wildman–Crippen MR) is 147 cm³/mol. The van der Waals surface area contributed by atoms with E-state index in [0.29, 0.717) is 11.3 Å². The fraction of sp³-hybridized carbons (Fsp3) is 0.333. The van der Waals surface area contributed by atoms with Gasteiger partial charge in [-0.1, -0.05) is 30.0 Å². The number of hydrogen-bond donors (Lipinski definition) is 1. The van der Waals surface area contributed by atoms with Crippen molar-refractivity contribution in [3.8, 4) is 0 Å². The van der Waals surface area contributed by atoms with E-state index < -0.39 is 5.82 Å². The number of carbonyl (C=O) groups is 1. The van der Waals surface area contributed by atoms with Gasteiger partial charge >= 0.3 is 0 Å². The molecule has 0 spiro atoms. The number of likely N-dealkylation sites (N-methyl/N-ethyl adjacent to an activating group) is 1. The first-order valence-corrected chi connectivity index (χ1v) is 13.4. The lowest BCUT2D eigenvalue weighted by Crippen LogP contribution is -2.34. The summed E-state index contributed by atoms with van der Waals surface area (Å²) in [6, 6.07) is 12.3. The molecule has 1 aromatic carbocycles. The lowest BCUT2D eigenvalue weighted by atomic mass is 9.73. The van der Waals surface area contributed by atoms with Crippen LogP contribution in [0.4, 0.5) is 17.3 Å². The van der Waals surface area contributed by atoms with Crippen LogP contribution in [0.5, 0.6) is 0 Å². The molecule has 186 valence electrons. The molecule has 8 nitrogen and oxygen atoms in total. The van der Waals surface area contributed by atoms with E-state index in [9.17, 15) is 4.79 Å². The molecule has 3 aliphatic rings. The molecule has 1 N–H and O–H groups in total. The van der Waals surface area contributed by atoms with Crippen LogP contribution >= 0.6 is 11.8 Å². The van der Waals surface area contributed by atoms with Gasteiger partial charge in [0.25, 0.3) is 0 Å². The average molecular weight is 509 g/mol. The highest BCUT2D eigenvalue weighted by Crippen LogP contribution is 2.56. The summed E-state index contributed by atoms with van der Waals surface area (Å²) in [7, 11) is 8.96. The summed E-state index contributed by atoms with van der Waals surface area (Å²) >= 11 is 1.57. The number of rotatable bonds is 4. The van der Waals surface area contributed by atoms with Crippen LogP contribution in [0.15, 0.2) is 64.3 Å². The van der Waals surface area contributed by atoms with Gasteiger partial charge in [-0.2, -0.15) is 0 Å². The van der Waals surface area contributed by atoms with Gasteiger partial charge in [0.1, 0.15) is 11.6 Å². The van der Waals surface area contributed by atoms with E-state index in [1.807, 2.05) is 31.2 Å². The number of hydrogen-bond acceptors (Lipinski definition) is 8. The fourth-order valence-electron chi connectivity index (χ4n) is 5.00. The lowest BCUT2D eigenvalue weighted by molar-refractivity contribution is -0.117. The number of para-hydroxylation sites is 1. The minimum absolute atomic E-state index is 0.208. The highest BCUT2D eigenvalue weighted by molar-refractivity contribution is 8.03. The smallest absolute Gasteiger partial charge is 0.250 e. The standard InChI is InChI=1S/C27H28BN7OS/c1-17-14-30-18(15-29-17)16-31-26(36)23-24(28)19-8-9-22(34-11-5-10-33(2)12-13-34)32-25(19)35-20-6-3-4-7-21(20)37-27(23)35/h3-4,6-9,14-15,24H,5,10-13,16H2,1-2H3,(H,31,36). The molecule has 3 aliphatic heterocycles. The van der Waals surface area contributed by atoms with Crippen LogP contribution in [0.1, 0.15) is 29.2 Å². The highest BCUT2D eigenvalue weighted by Gasteiger charge is 2.40. The Bertz CT molecular complexity index is 1380. The van der Waals surface area contributed by atoms with E-state index in [2.05, 4.69) is 49.2 Å². The Morgan fingerprint density at radius 1 is 1.11 bits per heavy atom. The predicted octanol–water partition coefficient (Wildman–Crippen LogP) is 3.32. The van der Waals surface area contributed by atoms with Crippen LogP contribution < -0.4 is 15.1 Å². The Morgan fingerprint density at radius 2 is 1.97 bits per heavy atom. The Balaban J connectivity index is 1.36. The van der Waals surface area contributed by atoms with Crippen LogP contribution in [0, 0.1) is 6.92 Å². The zero-order valence-corrected chi connectivity index (χ0v) is 21.8. The number of aryl methyl sites for hydroxylation is 1. The van der Waals surface area contributed by atoms with Crippen molar-refractivity contribution in [1.29, 1.82) is 0 Å². The van der Waals surface area contributed by atoms with Crippen LogP contribution in [-0.4, -0.2) is 66.8 Å². The number of nitrogens with zero attached hydrogens (tertiary/aromatic N) is 6. The largest absolute Gasteiger partial charge is 0.355 e. The number of benzene rings is 1. The van der Waals surface area contributed by atoms with Gasteiger partial charge in [-0.15, -0.1) is 0 Å². The van der Waals surface area contributed by atoms with Crippen LogP contribution in [0.25, 0.3) is 0 Å². The molecule has 2 radical (unpaired) electrons. The van der Waals surface area contributed by atoms with Gasteiger partial charge in [-0.25, -0.2) is 4.98 Å². The topological polar surface area (TPSA) is 77.5 Å². The van der Waals surface area contributed by atoms with E-state index in [1.165, 1.54) is 0 Å². The number of amides is 1. The van der Waals surface area contributed by atoms with E-state index in [-0.39, 0.29) is 12.5 Å². The van der Waals surface area contributed by atoms with Gasteiger partial charge < -0.3 is 15.1 Å². The number of aromatic nitrogens is 3. The number of nitrogens with one attached hydrogen (secondary N) is 1. The van der Waals surface area contributed by atoms with Crippen molar-refractivity contribution in [3.05, 3.63) is 76.3 Å². The third kappa shape index (κ3) is 4.49. The lowest BCUT2D eigenvalue weighted by Gasteiger charge is -2.34. The second-order valence-corrected chi connectivity index (χ2v) is 10.7. The SMILES string of the molecule is [B]C1C(C(=O)NCc2cnc(C)cn2)=C2Sc3ccccc3N2c2nc(N3CCCN(C)CC3)ccc21. The van der Waals surface area contributed by atoms with Crippen molar-refractivity contribution >= 4 is 42.8 Å². The summed E-state index contributed by atoms with van der Waals surface area (Å²) in [4.78, 5) is 35.2. The first-order chi connectivity index (χ1) is 18.0. The number of pyridine rings is 1. The van der Waals surface area contributed by atoms with E-state index >= 15 is 0 Å². The molecular weight excluding hydrogens is 481 g/mol. The molecule has 1 unspecified atom stereocenters. The van der Waals surface area contributed by atoms with Crippen molar-refractivity contribution in [2.45, 2.75) is 30.6 Å². The third-order valence-electron chi connectivity index (χ3n) is 7.05. The maximum atomic E-state index is 13.6. The van der Waals surface area contributed by atoms with Crippen molar-refractivity contribution in [1.82, 2.24) is 25.2 Å². The van der Waals surface area contributed by atoms with Crippen molar-refractivity contribution in [2.24, 2.45) is 0 Å². The van der Waals surface area contributed by atoms with Gasteiger partial charge in [0, 0.05) is 36.3 Å². The molecule has 10 heteroatoms. The number of carbonyl (C=O) groups excluding carboxylic acids is 1. The zero-order valence-electron chi connectivity index (χ0n) is 21.0. The van der Waals surface area contributed by atoms with E-state index in [1.54, 1.807) is 24.2 Å². The van der Waals surface area contributed by atoms with Crippen LogP contribution in [0.3, 0.4) is 0 Å². The summed E-state index contributed by atoms with van der Waals surface area (Å²) in [6.45, 7) is 6.14. The zero-order chi connectivity index (χ0) is 25.5. The molecule has 6 rings (SSSR count). The van der Waals surface area contributed by atoms with Gasteiger partial charge in [0.15, 0.2) is 0 Å². The van der Waals surface area contributed by atoms with Crippen molar-refractivity contribution in [2.75, 3.05) is 43.0 Å². The second kappa shape index (κ2) is 9.83. The fourth-order valence-corrected chi connectivity index (χ4v) is 6.22. The minimum atomic E-state index is -0.594. The molecule has 3 aromatic rings. The number of anilines is 3. The molecule has 37 heavy (non-hydrogen) atoms. The molecule has 0 bridgehead atoms. The number of fused-ring (bicyclic) bond motifs is 5. The Labute approximate surface area is 222 Å². The van der Waals surface area contributed by atoms with Gasteiger partial charge in [0.2, 0.25) is 5.91 Å². The molecule has 2 aromatic heterocycles. The molecule has 0 saturated carbocycles. The van der Waals surface area contributed by atoms with Gasteiger partial charge in [0.05, 0.1) is 42.7 Å². The summed E-state index contributed by atoms with van der Waals surface area (Å²) < 4.78 is 0. The maximum Gasteiger partial charge on any atom is 0.250 e. The Kier molecular flexibility index (Phi) is 6.38. The summed E-state index contributed by atoms with van der Waals surface area (Å²) in [5.41, 5.74) is 3.94. The van der Waals surface area contributed by atoms with E-state index in [4.69, 9.17) is 12.8 Å². The minimum Gasteiger partial charge on any atom is -0.355 e. The Morgan fingerprint density at radius 3 is 2.81 bits per heavy atom. The van der Waals surface area contributed by atoms with E-state index in [0.717, 1.165) is 71.1 Å². The van der Waals surface area contributed by atoms with Gasteiger partial charge in [-0.05, 0) is 56.5 Å². The summed E-state index contributed by atoms with van der Waals surface area (Å²) in [5, 5.41) is 3.82. The molecule has 1 atom stereocenters. The molecular formula is C27H28BN7OS. The first kappa shape index (κ1) is 24.0. The maximum absolute atomic E-state index is 13.6. The quantitative estimate of drug-likeness (QED) is 0.537. The summed E-state index contributed by atoms with van der Waals surface area (Å²) in [6.07, 6.45) is 4.48. The number of thioether (sulfide) groups is 1. The van der Waals surface area contributed by atoms with Crippen LogP contribution in [-0.2, 0) is 11.3 Å². The molecule has 5 heterocycles. The molecule has 1 fully saturated rings. The highest BCUT2D eigenvalue weighted by atomic mass is 32.2. The average Bonchev–Trinajstić information content (AvgIpc) is 3.15. The van der Waals surface area contributed by atoms with Crippen molar-refractivity contribution in [3.63, 3.8) is 0 Å². The third-order valence-corrected chi connectivity index (χ3v) is 8.21. The Hall–Kier alpha value is -3.37. The van der Waals surface area contributed by atoms with Crippen molar-refractivity contribution < 1.29 is 4.79 Å². The van der Waals surface area contributed by atoms with Gasteiger partial charge in [-0.3, -0.25) is 19.7 Å². The summed E-state index contributed by atoms with van der Waals surface area (Å²) in [5.74, 6) is 0.946. The second-order valence-electron chi connectivity index (χ2n) is 9.66. The molecule has 1 saturated heterocycles. The molecule has 1 amide bonds. The monoisotopic (exact) mass is 509 g/mol. The van der Waals surface area contributed by atoms with Crippen LogP contribution in [0.2, 0.25) is 0 Å².